The van der Waals surface area contributed by atoms with E-state index in [-0.39, 0.29) is 5.41 Å². The van der Waals surface area contributed by atoms with Crippen molar-refractivity contribution in [1.82, 2.24) is 15.0 Å². The average molecular weight is 1100 g/mol. The summed E-state index contributed by atoms with van der Waals surface area (Å²) in [4.78, 5) is 19.0. The van der Waals surface area contributed by atoms with Crippen LogP contribution in [0.5, 0.6) is 0 Å². The summed E-state index contributed by atoms with van der Waals surface area (Å²) in [7, 11) is 0. The molecule has 0 saturated carbocycles. The molecule has 0 radical (unpaired) electrons. The molecule has 0 amide bonds. The first kappa shape index (κ1) is 44.5. The second-order valence-corrected chi connectivity index (χ2v) is 28.6. The Morgan fingerprint density at radius 1 is 0.395 bits per heavy atom. The summed E-state index contributed by atoms with van der Waals surface area (Å²) < 4.78 is 5.42. The van der Waals surface area contributed by atoms with Crippen LogP contribution in [0.1, 0.15) is 76.4 Å². The fourth-order valence-corrected chi connectivity index (χ4v) is 18.9. The zero-order valence-electron chi connectivity index (χ0n) is 42.6. The van der Waals surface area contributed by atoms with Gasteiger partial charge in [-0.3, -0.25) is 0 Å². The molecule has 5 heteroatoms. The minimum absolute atomic E-state index is 0.178. The summed E-state index contributed by atoms with van der Waals surface area (Å²) in [6.45, 7) is 7.06. The van der Waals surface area contributed by atoms with Crippen LogP contribution in [0.25, 0.3) is 87.7 Å². The molecule has 4 aliphatic rings. The van der Waals surface area contributed by atoms with E-state index >= 15 is 0 Å². The van der Waals surface area contributed by atoms with Crippen LogP contribution in [0.4, 0.5) is 0 Å². The number of fused-ring (bicyclic) bond motifs is 23. The second-order valence-electron chi connectivity index (χ2n) is 21.5. The van der Waals surface area contributed by atoms with Crippen molar-refractivity contribution < 1.29 is 0 Å². The predicted molar refractivity (Wildman–Crippen MR) is 324 cm³/mol. The topological polar surface area (TPSA) is 38.7 Å². The van der Waals surface area contributed by atoms with Crippen molar-refractivity contribution in [3.63, 3.8) is 0 Å². The van der Waals surface area contributed by atoms with Gasteiger partial charge in [0.2, 0.25) is 0 Å². The van der Waals surface area contributed by atoms with E-state index in [0.717, 1.165) is 16.7 Å². The molecule has 0 fully saturated rings. The molecule has 10 aromatic carbocycles. The van der Waals surface area contributed by atoms with Gasteiger partial charge in [0.1, 0.15) is 0 Å². The van der Waals surface area contributed by atoms with E-state index in [4.69, 9.17) is 15.0 Å². The third-order valence-electron chi connectivity index (χ3n) is 17.6. The van der Waals surface area contributed by atoms with Crippen molar-refractivity contribution in [1.29, 1.82) is 0 Å². The second kappa shape index (κ2) is 16.1. The predicted octanol–water partition coefficient (Wildman–Crippen LogP) is 17.9. The molecule has 0 saturated heterocycles. The molecule has 362 valence electrons. The fraction of sp³-hybridized carbons (Fsp3) is 0.113. The first-order chi connectivity index (χ1) is 37.3. The van der Waals surface area contributed by atoms with Crippen LogP contribution in [0, 0.1) is 3.57 Å². The molecular formula is C71H50IN3S. The third kappa shape index (κ3) is 5.64. The van der Waals surface area contributed by atoms with Crippen molar-refractivity contribution in [2.75, 3.05) is 9.36 Å². The van der Waals surface area contributed by atoms with Crippen LogP contribution in [0.2, 0.25) is 0 Å². The molecule has 0 N–H and O–H groups in total. The van der Waals surface area contributed by atoms with E-state index in [9.17, 15) is 0 Å². The van der Waals surface area contributed by atoms with E-state index < -0.39 is 30.6 Å². The van der Waals surface area contributed by atoms with Crippen molar-refractivity contribution in [3.05, 3.63) is 278 Å². The van der Waals surface area contributed by atoms with Gasteiger partial charge in [-0.25, -0.2) is 4.98 Å². The summed E-state index contributed by atoms with van der Waals surface area (Å²) in [5, 5.41) is 2.58. The summed E-state index contributed by atoms with van der Waals surface area (Å²) in [6.07, 6.45) is 0. The van der Waals surface area contributed by atoms with Crippen molar-refractivity contribution in [3.8, 4) is 67.5 Å². The normalized spacial score (nSPS) is 17.7. The minimum atomic E-state index is -1.48. The number of halogens is 1. The Bertz CT molecular complexity index is 4420. The number of alkyl halides is 2. The van der Waals surface area contributed by atoms with Gasteiger partial charge in [0.15, 0.2) is 11.6 Å². The van der Waals surface area contributed by atoms with Crippen LogP contribution >= 0.6 is 31.2 Å². The number of hydrogen-bond donors (Lipinski definition) is 0. The summed E-state index contributed by atoms with van der Waals surface area (Å²) >= 11 is 0.450. The van der Waals surface area contributed by atoms with Crippen LogP contribution in [0.3, 0.4) is 0 Å². The number of aromatic nitrogens is 3. The molecule has 0 bridgehead atoms. The van der Waals surface area contributed by atoms with Gasteiger partial charge in [-0.15, -0.1) is 0 Å². The van der Waals surface area contributed by atoms with Gasteiger partial charge in [-0.2, -0.15) is 0 Å². The molecule has 2 aromatic heterocycles. The standard InChI is InChI=1S/C71H50IN3S/c1-5-72(4)60-35-20-34-58-63(60)48-25-10-13-28-52(48)70(58)53-29-14-16-31-55(53)71(56-32-17-15-30-54(56)70)57-33-19-26-50(62(57)49-40-39-47-46-24-11-18-36-61(46)76-65(47)64(49)71)68-74-66(42-21-7-6-8-22-42)73-67(75-68)43-37-38-45-44-23-9-12-27-51(44)69(2,3)59(45)41-43/h6-41H,5H2,1-4H3. The van der Waals surface area contributed by atoms with Gasteiger partial charge in [0, 0.05) is 16.5 Å². The van der Waals surface area contributed by atoms with Crippen LogP contribution in [-0.4, -0.2) is 24.3 Å². The zero-order valence-corrected chi connectivity index (χ0v) is 45.6. The van der Waals surface area contributed by atoms with Crippen LogP contribution < -0.4 is 0 Å². The Hall–Kier alpha value is -7.84. The Morgan fingerprint density at radius 3 is 1.67 bits per heavy atom. The number of benzene rings is 10. The third-order valence-corrected chi connectivity index (χ3v) is 24.0. The number of rotatable bonds is 5. The Morgan fingerprint density at radius 2 is 0.934 bits per heavy atom. The monoisotopic (exact) mass is 1100 g/mol. The van der Waals surface area contributed by atoms with E-state index in [1.165, 1.54) is 114 Å². The van der Waals surface area contributed by atoms with E-state index in [1.54, 1.807) is 3.57 Å². The molecule has 4 aliphatic carbocycles. The van der Waals surface area contributed by atoms with Gasteiger partial charge >= 0.3 is 304 Å². The maximum atomic E-state index is 5.61. The molecule has 3 nitrogen and oxygen atoms in total. The molecule has 2 spiro atoms. The van der Waals surface area contributed by atoms with Crippen molar-refractivity contribution in [2.24, 2.45) is 0 Å². The van der Waals surface area contributed by atoms with Gasteiger partial charge in [-0.1, -0.05) is 92.7 Å². The summed E-state index contributed by atoms with van der Waals surface area (Å²) in [5.41, 5.74) is 22.7. The van der Waals surface area contributed by atoms with Crippen LogP contribution in [-0.2, 0) is 16.2 Å². The summed E-state index contributed by atoms with van der Waals surface area (Å²) in [5.74, 6) is 1.99. The molecule has 16 rings (SSSR count). The van der Waals surface area contributed by atoms with Gasteiger partial charge in [0.25, 0.3) is 0 Å². The molecule has 0 atom stereocenters. The van der Waals surface area contributed by atoms with Crippen molar-refractivity contribution >= 4 is 51.3 Å². The molecule has 0 aliphatic heterocycles. The molecule has 76 heavy (non-hydrogen) atoms. The van der Waals surface area contributed by atoms with Gasteiger partial charge in [-0.05, 0) is 28.3 Å². The number of nitrogens with zero attached hydrogens (tertiary/aromatic N) is 3. The fourth-order valence-electron chi connectivity index (χ4n) is 14.4. The Labute approximate surface area is 454 Å². The molecule has 12 aromatic rings. The zero-order chi connectivity index (χ0) is 50.7. The SMILES string of the molecule is CCI(C)c1cccc2c1-c1ccccc1C21c2ccccc2C2(c3ccccc31)c1cccc(-c3nc(-c4ccccc4)nc(-c4ccc5c(c4)C(C)(C)c4ccccc4-5)n3)c1-c1ccc3c(sc4ccccc43)c12. The van der Waals surface area contributed by atoms with E-state index in [2.05, 4.69) is 244 Å². The summed E-state index contributed by atoms with van der Waals surface area (Å²) in [6, 6.07) is 82.5. The first-order valence-corrected chi connectivity index (χ1v) is 32.1. The number of hydrogen-bond acceptors (Lipinski definition) is 4. The molecule has 0 unspecified atom stereocenters. The van der Waals surface area contributed by atoms with Crippen LogP contribution in [0.15, 0.2) is 218 Å². The van der Waals surface area contributed by atoms with Gasteiger partial charge < -0.3 is 0 Å². The number of thiophene rings is 1. The van der Waals surface area contributed by atoms with E-state index in [0.29, 0.717) is 17.5 Å². The Kier molecular flexibility index (Phi) is 9.41. The molecule has 2 heterocycles. The van der Waals surface area contributed by atoms with E-state index in [1.807, 2.05) is 11.3 Å². The van der Waals surface area contributed by atoms with Gasteiger partial charge in [0.05, 0.1) is 0 Å². The molecular weight excluding hydrogens is 1050 g/mol. The Balaban J connectivity index is 1.01. The average Bonchev–Trinajstić information content (AvgIpc) is 4.23. The van der Waals surface area contributed by atoms with Crippen molar-refractivity contribution in [2.45, 2.75) is 37.0 Å². The maximum absolute atomic E-state index is 5.61. The first-order valence-electron chi connectivity index (χ1n) is 26.5. The quantitative estimate of drug-likeness (QED) is 0.127.